The fraction of sp³-hybridized carbons (Fsp3) is 0.412. The number of aromatic nitrogens is 4. The molecule has 1 fully saturated rings. The Morgan fingerprint density at radius 3 is 3.04 bits per heavy atom. The molecule has 0 bridgehead atoms. The second kappa shape index (κ2) is 5.98. The van der Waals surface area contributed by atoms with Crippen molar-refractivity contribution in [3.63, 3.8) is 0 Å². The maximum absolute atomic E-state index is 13.1. The monoisotopic (exact) mass is 341 g/mol. The lowest BCUT2D eigenvalue weighted by Gasteiger charge is -2.31. The Kier molecular flexibility index (Phi) is 3.80. The molecule has 24 heavy (non-hydrogen) atoms. The molecular weight excluding hydrogens is 322 g/mol. The van der Waals surface area contributed by atoms with Crippen molar-refractivity contribution >= 4 is 22.9 Å². The van der Waals surface area contributed by atoms with Gasteiger partial charge >= 0.3 is 0 Å². The van der Waals surface area contributed by atoms with Gasteiger partial charge in [0.1, 0.15) is 5.56 Å². The van der Waals surface area contributed by atoms with E-state index in [2.05, 4.69) is 20.4 Å². The van der Waals surface area contributed by atoms with Gasteiger partial charge in [0.05, 0.1) is 10.7 Å². The average molecular weight is 341 g/mol. The molecule has 1 aliphatic rings. The summed E-state index contributed by atoms with van der Waals surface area (Å²) in [4.78, 5) is 24.0. The summed E-state index contributed by atoms with van der Waals surface area (Å²) in [6.45, 7) is 5.38. The zero-order chi connectivity index (χ0) is 16.7. The number of carbonyl (C=O) groups excluding carboxylic acids is 1. The largest absolute Gasteiger partial charge is 0.338 e. The predicted molar refractivity (Wildman–Crippen MR) is 92.5 cm³/mol. The van der Waals surface area contributed by atoms with Gasteiger partial charge in [-0.1, -0.05) is 0 Å². The first-order chi connectivity index (χ1) is 11.6. The van der Waals surface area contributed by atoms with Crippen LogP contribution in [0.4, 0.5) is 0 Å². The Labute approximate surface area is 144 Å². The molecule has 0 aliphatic carbocycles. The van der Waals surface area contributed by atoms with Gasteiger partial charge in [0, 0.05) is 42.5 Å². The summed E-state index contributed by atoms with van der Waals surface area (Å²) in [5.41, 5.74) is 3.03. The number of likely N-dealkylation sites (tertiary alicyclic amines) is 1. The smallest absolute Gasteiger partial charge is 0.259 e. The number of aryl methyl sites for hydroxylation is 2. The minimum Gasteiger partial charge on any atom is -0.338 e. The zero-order valence-corrected chi connectivity index (χ0v) is 14.6. The van der Waals surface area contributed by atoms with Gasteiger partial charge in [0.2, 0.25) is 0 Å². The number of hydrogen-bond donors (Lipinski definition) is 0. The molecule has 1 atom stereocenters. The third kappa shape index (κ3) is 2.58. The fourth-order valence-electron chi connectivity index (χ4n) is 3.33. The molecule has 3 aromatic heterocycles. The molecule has 4 rings (SSSR count). The van der Waals surface area contributed by atoms with Crippen LogP contribution in [-0.4, -0.2) is 43.5 Å². The van der Waals surface area contributed by atoms with Crippen molar-refractivity contribution in [2.75, 3.05) is 13.1 Å². The van der Waals surface area contributed by atoms with Crippen LogP contribution < -0.4 is 0 Å². The number of hydrogen-bond acceptors (Lipinski definition) is 5. The average Bonchev–Trinajstić information content (AvgIpc) is 3.17. The molecule has 7 heteroatoms. The highest BCUT2D eigenvalue weighted by Crippen LogP contribution is 2.30. The Hall–Kier alpha value is -2.28. The van der Waals surface area contributed by atoms with E-state index in [9.17, 15) is 4.79 Å². The normalized spacial score (nSPS) is 18.2. The molecule has 6 nitrogen and oxygen atoms in total. The van der Waals surface area contributed by atoms with Crippen molar-refractivity contribution in [2.24, 2.45) is 0 Å². The van der Waals surface area contributed by atoms with Crippen LogP contribution in [0.1, 0.15) is 45.5 Å². The minimum absolute atomic E-state index is 0.0270. The fourth-order valence-corrected chi connectivity index (χ4v) is 4.25. The second-order valence-corrected chi connectivity index (χ2v) is 7.16. The van der Waals surface area contributed by atoms with E-state index in [1.165, 1.54) is 0 Å². The molecule has 1 aliphatic heterocycles. The van der Waals surface area contributed by atoms with Crippen LogP contribution in [0.3, 0.4) is 0 Å². The summed E-state index contributed by atoms with van der Waals surface area (Å²) in [7, 11) is 0. The van der Waals surface area contributed by atoms with E-state index in [0.717, 1.165) is 42.3 Å². The molecule has 3 aromatic rings. The highest BCUT2D eigenvalue weighted by Gasteiger charge is 2.30. The molecular formula is C17H19N5OS. The number of piperidine rings is 1. The van der Waals surface area contributed by atoms with Gasteiger partial charge in [-0.3, -0.25) is 4.79 Å². The van der Waals surface area contributed by atoms with Crippen LogP contribution in [0.2, 0.25) is 0 Å². The number of fused-ring (bicyclic) bond motifs is 1. The third-order valence-corrected chi connectivity index (χ3v) is 5.60. The lowest BCUT2D eigenvalue weighted by atomic mass is 9.98. The second-order valence-electron chi connectivity index (χ2n) is 6.27. The number of carbonyl (C=O) groups is 1. The quantitative estimate of drug-likeness (QED) is 0.719. The Bertz CT molecular complexity index is 899. The molecule has 0 spiro atoms. The molecule has 0 radical (unpaired) electrons. The van der Waals surface area contributed by atoms with Gasteiger partial charge in [-0.2, -0.15) is 5.10 Å². The highest BCUT2D eigenvalue weighted by atomic mass is 32.1. The van der Waals surface area contributed by atoms with E-state index in [1.54, 1.807) is 22.0 Å². The van der Waals surface area contributed by atoms with Gasteiger partial charge in [0.15, 0.2) is 5.65 Å². The minimum atomic E-state index is 0.0270. The molecule has 124 valence electrons. The van der Waals surface area contributed by atoms with E-state index >= 15 is 0 Å². The summed E-state index contributed by atoms with van der Waals surface area (Å²) < 4.78 is 1.67. The molecule has 1 saturated heterocycles. The van der Waals surface area contributed by atoms with Crippen molar-refractivity contribution in [3.8, 4) is 0 Å². The van der Waals surface area contributed by atoms with Crippen LogP contribution in [0, 0.1) is 13.8 Å². The Morgan fingerprint density at radius 2 is 2.25 bits per heavy atom. The number of thiazole rings is 1. The SMILES string of the molecule is Cc1csc([C@H]2CCCN(C(=O)c3c(C)nn4cccnc34)C2)n1. The van der Waals surface area contributed by atoms with Crippen molar-refractivity contribution in [1.82, 2.24) is 24.5 Å². The number of rotatable bonds is 2. The standard InChI is InChI=1S/C17H19N5OS/c1-11-10-24-16(19-11)13-5-3-7-21(9-13)17(23)14-12(2)20-22-8-4-6-18-15(14)22/h4,6,8,10,13H,3,5,7,9H2,1-2H3/t13-/m0/s1. The van der Waals surface area contributed by atoms with E-state index in [4.69, 9.17) is 0 Å². The van der Waals surface area contributed by atoms with E-state index in [-0.39, 0.29) is 5.91 Å². The lowest BCUT2D eigenvalue weighted by Crippen LogP contribution is -2.39. The van der Waals surface area contributed by atoms with Gasteiger partial charge in [-0.25, -0.2) is 14.5 Å². The van der Waals surface area contributed by atoms with Crippen molar-refractivity contribution < 1.29 is 4.79 Å². The molecule has 4 heterocycles. The summed E-state index contributed by atoms with van der Waals surface area (Å²) >= 11 is 1.70. The summed E-state index contributed by atoms with van der Waals surface area (Å²) in [5, 5.41) is 7.62. The first kappa shape index (κ1) is 15.3. The molecule has 0 unspecified atom stereocenters. The first-order valence-corrected chi connectivity index (χ1v) is 9.02. The van der Waals surface area contributed by atoms with Crippen LogP contribution in [0.5, 0.6) is 0 Å². The summed E-state index contributed by atoms with van der Waals surface area (Å²) in [5.74, 6) is 0.357. The molecule has 1 amide bonds. The van der Waals surface area contributed by atoms with Gasteiger partial charge < -0.3 is 4.90 Å². The Balaban J connectivity index is 1.62. The summed E-state index contributed by atoms with van der Waals surface area (Å²) in [6, 6.07) is 1.81. The number of nitrogens with zero attached hydrogens (tertiary/aromatic N) is 5. The highest BCUT2D eigenvalue weighted by molar-refractivity contribution is 7.09. The van der Waals surface area contributed by atoms with Crippen LogP contribution in [0.15, 0.2) is 23.8 Å². The molecule has 0 N–H and O–H groups in total. The number of amides is 1. The van der Waals surface area contributed by atoms with Gasteiger partial charge in [-0.05, 0) is 32.8 Å². The van der Waals surface area contributed by atoms with Crippen molar-refractivity contribution in [3.05, 3.63) is 45.8 Å². The third-order valence-electron chi connectivity index (χ3n) is 4.48. The lowest BCUT2D eigenvalue weighted by molar-refractivity contribution is 0.0708. The van der Waals surface area contributed by atoms with Gasteiger partial charge in [0.25, 0.3) is 5.91 Å². The molecule has 0 saturated carbocycles. The maximum Gasteiger partial charge on any atom is 0.259 e. The van der Waals surface area contributed by atoms with Crippen molar-refractivity contribution in [2.45, 2.75) is 32.6 Å². The van der Waals surface area contributed by atoms with Crippen LogP contribution in [-0.2, 0) is 0 Å². The van der Waals surface area contributed by atoms with Crippen molar-refractivity contribution in [1.29, 1.82) is 0 Å². The van der Waals surface area contributed by atoms with E-state index < -0.39 is 0 Å². The predicted octanol–water partition coefficient (Wildman–Crippen LogP) is 2.82. The maximum atomic E-state index is 13.1. The topological polar surface area (TPSA) is 63.4 Å². The van der Waals surface area contributed by atoms with Crippen LogP contribution >= 0.6 is 11.3 Å². The Morgan fingerprint density at radius 1 is 1.38 bits per heavy atom. The molecule has 0 aromatic carbocycles. The van der Waals surface area contributed by atoms with Gasteiger partial charge in [-0.15, -0.1) is 11.3 Å². The van der Waals surface area contributed by atoms with E-state index in [0.29, 0.717) is 17.1 Å². The summed E-state index contributed by atoms with van der Waals surface area (Å²) in [6.07, 6.45) is 5.61. The van der Waals surface area contributed by atoms with E-state index in [1.807, 2.05) is 31.0 Å². The zero-order valence-electron chi connectivity index (χ0n) is 13.8. The first-order valence-electron chi connectivity index (χ1n) is 8.14. The van der Waals surface area contributed by atoms with Crippen LogP contribution in [0.25, 0.3) is 5.65 Å².